The van der Waals surface area contributed by atoms with E-state index in [2.05, 4.69) is 15.9 Å². The second-order valence-corrected chi connectivity index (χ2v) is 7.29. The van der Waals surface area contributed by atoms with Gasteiger partial charge in [-0.05, 0) is 35.4 Å². The highest BCUT2D eigenvalue weighted by molar-refractivity contribution is 9.10. The maximum absolute atomic E-state index is 13.0. The number of hydrogen-bond acceptors (Lipinski definition) is 4. The number of halogens is 4. The molecule has 1 amide bonds. The fourth-order valence-electron chi connectivity index (χ4n) is 2.87. The van der Waals surface area contributed by atoms with Crippen LogP contribution in [0.25, 0.3) is 0 Å². The van der Waals surface area contributed by atoms with Crippen LogP contribution < -0.4 is 9.47 Å². The van der Waals surface area contributed by atoms with E-state index >= 15 is 0 Å². The summed E-state index contributed by atoms with van der Waals surface area (Å²) in [6.45, 7) is -0.817. The summed E-state index contributed by atoms with van der Waals surface area (Å²) < 4.78 is 50.6. The average Bonchev–Trinajstić information content (AvgIpc) is 2.67. The molecule has 0 saturated carbocycles. The van der Waals surface area contributed by atoms with Crippen LogP contribution in [0.3, 0.4) is 0 Å². The van der Waals surface area contributed by atoms with Crippen LogP contribution in [0.1, 0.15) is 16.7 Å². The SMILES string of the molecule is N#Cc1ccc(CN(CC(F)(F)F)C(=O)Cc2cc3c(cc2Br)OCCO3)cc1. The number of amides is 1. The summed E-state index contributed by atoms with van der Waals surface area (Å²) in [5.74, 6) is 0.296. The summed E-state index contributed by atoms with van der Waals surface area (Å²) in [5, 5.41) is 8.84. The molecule has 0 atom stereocenters. The molecule has 2 aromatic carbocycles. The molecule has 5 nitrogen and oxygen atoms in total. The molecular weight excluding hydrogens is 453 g/mol. The number of carbonyl (C=O) groups excluding carboxylic acids is 1. The maximum atomic E-state index is 13.0. The van der Waals surface area contributed by atoms with Crippen LogP contribution in [0.2, 0.25) is 0 Å². The maximum Gasteiger partial charge on any atom is 0.406 e. The van der Waals surface area contributed by atoms with Crippen LogP contribution in [0.4, 0.5) is 13.2 Å². The van der Waals surface area contributed by atoms with Gasteiger partial charge in [-0.3, -0.25) is 4.79 Å². The Morgan fingerprint density at radius 1 is 1.14 bits per heavy atom. The van der Waals surface area contributed by atoms with E-state index in [1.807, 2.05) is 6.07 Å². The van der Waals surface area contributed by atoms with Gasteiger partial charge in [0.05, 0.1) is 18.1 Å². The number of alkyl halides is 3. The van der Waals surface area contributed by atoms with Crippen LogP contribution in [0.5, 0.6) is 11.5 Å². The highest BCUT2D eigenvalue weighted by Crippen LogP contribution is 2.36. The molecule has 3 rings (SSSR count). The normalized spacial score (nSPS) is 12.9. The Balaban J connectivity index is 1.80. The number of benzene rings is 2. The Hall–Kier alpha value is -2.73. The molecule has 0 radical (unpaired) electrons. The van der Waals surface area contributed by atoms with E-state index in [1.54, 1.807) is 12.1 Å². The summed E-state index contributed by atoms with van der Waals surface area (Å²) in [6.07, 6.45) is -4.77. The minimum atomic E-state index is -4.54. The van der Waals surface area contributed by atoms with Crippen LogP contribution in [-0.2, 0) is 17.8 Å². The first-order chi connectivity index (χ1) is 13.7. The van der Waals surface area contributed by atoms with Gasteiger partial charge in [0.25, 0.3) is 0 Å². The minimum Gasteiger partial charge on any atom is -0.486 e. The summed E-state index contributed by atoms with van der Waals surface area (Å²) in [5.41, 5.74) is 1.40. The van der Waals surface area contributed by atoms with Crippen molar-refractivity contribution in [3.8, 4) is 17.6 Å². The molecule has 0 spiro atoms. The Labute approximate surface area is 173 Å². The number of hydrogen-bond donors (Lipinski definition) is 0. The van der Waals surface area contributed by atoms with Crippen molar-refractivity contribution in [2.24, 2.45) is 0 Å². The predicted octanol–water partition coefficient (Wildman–Crippen LogP) is 4.23. The first-order valence-corrected chi connectivity index (χ1v) is 9.46. The van der Waals surface area contributed by atoms with E-state index in [9.17, 15) is 18.0 Å². The minimum absolute atomic E-state index is 0.216. The van der Waals surface area contributed by atoms with Gasteiger partial charge in [0, 0.05) is 11.0 Å². The second-order valence-electron chi connectivity index (χ2n) is 6.44. The Morgan fingerprint density at radius 2 is 1.76 bits per heavy atom. The first-order valence-electron chi connectivity index (χ1n) is 8.67. The first kappa shape index (κ1) is 21.0. The summed E-state index contributed by atoms with van der Waals surface area (Å²) in [6, 6.07) is 11.3. The lowest BCUT2D eigenvalue weighted by atomic mass is 10.1. The molecule has 0 N–H and O–H groups in total. The van der Waals surface area contributed by atoms with Gasteiger partial charge >= 0.3 is 6.18 Å². The molecule has 0 aliphatic carbocycles. The van der Waals surface area contributed by atoms with Crippen molar-refractivity contribution in [3.05, 3.63) is 57.6 Å². The van der Waals surface area contributed by atoms with Crippen LogP contribution in [0, 0.1) is 11.3 Å². The van der Waals surface area contributed by atoms with E-state index < -0.39 is 18.6 Å². The van der Waals surface area contributed by atoms with Crippen molar-refractivity contribution in [2.75, 3.05) is 19.8 Å². The van der Waals surface area contributed by atoms with Crippen LogP contribution >= 0.6 is 15.9 Å². The molecule has 0 bridgehead atoms. The predicted molar refractivity (Wildman–Crippen MR) is 101 cm³/mol. The summed E-state index contributed by atoms with van der Waals surface area (Å²) in [7, 11) is 0. The van der Waals surface area contributed by atoms with Gasteiger partial charge in [-0.1, -0.05) is 28.1 Å². The second kappa shape index (κ2) is 8.74. The lowest BCUT2D eigenvalue weighted by molar-refractivity contribution is -0.162. The van der Waals surface area contributed by atoms with Gasteiger partial charge in [-0.2, -0.15) is 18.4 Å². The monoisotopic (exact) mass is 468 g/mol. The zero-order valence-electron chi connectivity index (χ0n) is 15.1. The highest BCUT2D eigenvalue weighted by atomic mass is 79.9. The molecule has 9 heteroatoms. The van der Waals surface area contributed by atoms with Crippen molar-refractivity contribution >= 4 is 21.8 Å². The largest absolute Gasteiger partial charge is 0.486 e. The molecule has 0 unspecified atom stereocenters. The average molecular weight is 469 g/mol. The molecule has 0 saturated heterocycles. The molecule has 29 heavy (non-hydrogen) atoms. The van der Waals surface area contributed by atoms with Gasteiger partial charge in [0.1, 0.15) is 19.8 Å². The number of rotatable bonds is 5. The van der Waals surface area contributed by atoms with E-state index in [-0.39, 0.29) is 13.0 Å². The number of carbonyl (C=O) groups is 1. The zero-order chi connectivity index (χ0) is 21.0. The Kier molecular flexibility index (Phi) is 6.33. The summed E-state index contributed by atoms with van der Waals surface area (Å²) in [4.78, 5) is 13.5. The molecule has 152 valence electrons. The lowest BCUT2D eigenvalue weighted by Gasteiger charge is -2.25. The fraction of sp³-hybridized carbons (Fsp3) is 0.300. The molecule has 1 heterocycles. The van der Waals surface area contributed by atoms with E-state index in [4.69, 9.17) is 14.7 Å². The van der Waals surface area contributed by atoms with E-state index in [0.717, 1.165) is 4.90 Å². The van der Waals surface area contributed by atoms with Crippen molar-refractivity contribution in [1.82, 2.24) is 4.90 Å². The molecule has 2 aromatic rings. The molecule has 1 aliphatic rings. The van der Waals surface area contributed by atoms with Crippen LogP contribution in [-0.4, -0.2) is 36.7 Å². The summed E-state index contributed by atoms with van der Waals surface area (Å²) >= 11 is 3.34. The van der Waals surface area contributed by atoms with Crippen molar-refractivity contribution in [1.29, 1.82) is 5.26 Å². The number of ether oxygens (including phenoxy) is 2. The number of fused-ring (bicyclic) bond motifs is 1. The molecule has 0 fully saturated rings. The Bertz CT molecular complexity index is 940. The lowest BCUT2D eigenvalue weighted by Crippen LogP contribution is -2.39. The molecular formula is C20H16BrF3N2O3. The highest BCUT2D eigenvalue weighted by Gasteiger charge is 2.33. The number of nitrogens with zero attached hydrogens (tertiary/aromatic N) is 2. The third-order valence-corrected chi connectivity index (χ3v) is 4.97. The van der Waals surface area contributed by atoms with Gasteiger partial charge < -0.3 is 14.4 Å². The van der Waals surface area contributed by atoms with Crippen molar-refractivity contribution in [2.45, 2.75) is 19.1 Å². The smallest absolute Gasteiger partial charge is 0.406 e. The van der Waals surface area contributed by atoms with Gasteiger partial charge in [-0.25, -0.2) is 0 Å². The van der Waals surface area contributed by atoms with Gasteiger partial charge in [0.2, 0.25) is 5.91 Å². The topological polar surface area (TPSA) is 62.6 Å². The molecule has 1 aliphatic heterocycles. The molecule has 0 aromatic heterocycles. The standard InChI is InChI=1S/C20H16BrF3N2O3/c21-16-9-18-17(28-5-6-29-18)7-15(16)8-19(27)26(12-20(22,23)24)11-14-3-1-13(10-25)2-4-14/h1-4,7,9H,5-6,8,11-12H2. The van der Waals surface area contributed by atoms with E-state index in [1.165, 1.54) is 24.3 Å². The Morgan fingerprint density at radius 3 is 2.34 bits per heavy atom. The fourth-order valence-corrected chi connectivity index (χ4v) is 3.33. The third-order valence-electron chi connectivity index (χ3n) is 4.23. The quantitative estimate of drug-likeness (QED) is 0.658. The van der Waals surface area contributed by atoms with Gasteiger partial charge in [-0.15, -0.1) is 0 Å². The van der Waals surface area contributed by atoms with E-state index in [0.29, 0.717) is 45.9 Å². The van der Waals surface area contributed by atoms with Crippen molar-refractivity contribution in [3.63, 3.8) is 0 Å². The zero-order valence-corrected chi connectivity index (χ0v) is 16.7. The number of nitriles is 1. The van der Waals surface area contributed by atoms with Crippen molar-refractivity contribution < 1.29 is 27.4 Å². The third kappa shape index (κ3) is 5.64. The van der Waals surface area contributed by atoms with Gasteiger partial charge in [0.15, 0.2) is 11.5 Å². The van der Waals surface area contributed by atoms with Crippen LogP contribution in [0.15, 0.2) is 40.9 Å².